The van der Waals surface area contributed by atoms with Crippen molar-refractivity contribution in [2.75, 3.05) is 38.2 Å². The van der Waals surface area contributed by atoms with Crippen molar-refractivity contribution in [2.24, 2.45) is 5.41 Å². The minimum atomic E-state index is -0.223. The maximum absolute atomic E-state index is 6.40. The number of H-pyrrole nitrogens is 1. The molecule has 1 atom stereocenters. The molecule has 0 saturated carbocycles. The van der Waals surface area contributed by atoms with E-state index < -0.39 is 0 Å². The van der Waals surface area contributed by atoms with Crippen molar-refractivity contribution in [1.29, 1.82) is 0 Å². The molecule has 6 rings (SSSR count). The Hall–Kier alpha value is -3.72. The molecular weight excluding hydrogens is 442 g/mol. The number of rotatable bonds is 6. The molecule has 2 aliphatic rings. The van der Waals surface area contributed by atoms with Gasteiger partial charge in [0.05, 0.1) is 24.5 Å². The molecule has 2 saturated heterocycles. The number of nitrogens with one attached hydrogen (secondary N) is 2. The van der Waals surface area contributed by atoms with Gasteiger partial charge in [-0.05, 0) is 44.5 Å². The number of aromatic amines is 1. The first-order valence-electron chi connectivity index (χ1n) is 11.9. The number of pyridine rings is 1. The number of aryl methyl sites for hydroxylation is 2. The highest BCUT2D eigenvalue weighted by Crippen LogP contribution is 2.40. The summed E-state index contributed by atoms with van der Waals surface area (Å²) in [7, 11) is 1.64. The molecule has 2 N–H and O–H groups in total. The molecule has 5 heterocycles. The third kappa shape index (κ3) is 3.67. The lowest BCUT2D eigenvalue weighted by molar-refractivity contribution is 0.120. The van der Waals surface area contributed by atoms with E-state index in [4.69, 9.17) is 14.5 Å². The lowest BCUT2D eigenvalue weighted by Crippen LogP contribution is -2.71. The first-order chi connectivity index (χ1) is 17.0. The number of hydrogen-bond donors (Lipinski definition) is 2. The van der Waals surface area contributed by atoms with Crippen molar-refractivity contribution in [3.05, 3.63) is 53.5 Å². The van der Waals surface area contributed by atoms with Gasteiger partial charge in [0.15, 0.2) is 11.5 Å². The van der Waals surface area contributed by atoms with Crippen LogP contribution in [0.4, 0.5) is 5.82 Å². The van der Waals surface area contributed by atoms with Crippen molar-refractivity contribution in [3.63, 3.8) is 0 Å². The molecule has 3 aromatic heterocycles. The van der Waals surface area contributed by atoms with Gasteiger partial charge < -0.3 is 19.7 Å². The van der Waals surface area contributed by atoms with Crippen molar-refractivity contribution in [1.82, 2.24) is 30.7 Å². The normalized spacial score (nSPS) is 17.2. The highest BCUT2D eigenvalue weighted by molar-refractivity contribution is 5.95. The van der Waals surface area contributed by atoms with Gasteiger partial charge in [0.2, 0.25) is 0 Å². The van der Waals surface area contributed by atoms with E-state index in [-0.39, 0.29) is 6.10 Å². The van der Waals surface area contributed by atoms with Crippen LogP contribution < -0.4 is 19.7 Å². The summed E-state index contributed by atoms with van der Waals surface area (Å²) < 4.78 is 12.0. The molecule has 9 nitrogen and oxygen atoms in total. The Morgan fingerprint density at radius 2 is 1.91 bits per heavy atom. The molecule has 4 aromatic rings. The maximum atomic E-state index is 6.40. The van der Waals surface area contributed by atoms with Crippen LogP contribution in [-0.4, -0.2) is 58.7 Å². The van der Waals surface area contributed by atoms with Crippen LogP contribution in [0.25, 0.3) is 22.2 Å². The Labute approximate surface area is 203 Å². The number of nitrogens with zero attached hydrogens (tertiary/aromatic N) is 5. The van der Waals surface area contributed by atoms with E-state index in [0.717, 1.165) is 71.0 Å². The zero-order chi connectivity index (χ0) is 24.2. The molecule has 0 radical (unpaired) electrons. The van der Waals surface area contributed by atoms with E-state index in [9.17, 15) is 0 Å². The van der Waals surface area contributed by atoms with Gasteiger partial charge in [0.1, 0.15) is 17.6 Å². The molecule has 0 aliphatic carbocycles. The SMILES string of the molecule is COc1cc2[nH]nc(-c3ccc(N4CC5(CNC5)C4)nc3)c2cc1O[C@@H](C)c1c(C)cnnc1C. The highest BCUT2D eigenvalue weighted by Gasteiger charge is 2.47. The van der Waals surface area contributed by atoms with Gasteiger partial charge in [-0.3, -0.25) is 5.10 Å². The van der Waals surface area contributed by atoms with Crippen LogP contribution in [0.2, 0.25) is 0 Å². The zero-order valence-corrected chi connectivity index (χ0v) is 20.4. The van der Waals surface area contributed by atoms with Crippen molar-refractivity contribution < 1.29 is 9.47 Å². The summed E-state index contributed by atoms with van der Waals surface area (Å²) in [5, 5.41) is 20.3. The van der Waals surface area contributed by atoms with Gasteiger partial charge in [-0.2, -0.15) is 15.3 Å². The first-order valence-corrected chi connectivity index (χ1v) is 11.9. The van der Waals surface area contributed by atoms with Crippen LogP contribution in [-0.2, 0) is 0 Å². The number of aromatic nitrogens is 5. The lowest BCUT2D eigenvalue weighted by Gasteiger charge is -2.56. The monoisotopic (exact) mass is 471 g/mol. The van der Waals surface area contributed by atoms with E-state index >= 15 is 0 Å². The minimum absolute atomic E-state index is 0.223. The van der Waals surface area contributed by atoms with Gasteiger partial charge in [-0.25, -0.2) is 4.98 Å². The average molecular weight is 472 g/mol. The second-order valence-electron chi connectivity index (χ2n) is 9.77. The minimum Gasteiger partial charge on any atom is -0.493 e. The lowest BCUT2D eigenvalue weighted by atomic mass is 9.74. The third-order valence-electron chi connectivity index (χ3n) is 7.23. The Morgan fingerprint density at radius 3 is 2.57 bits per heavy atom. The fourth-order valence-electron chi connectivity index (χ4n) is 5.31. The molecule has 9 heteroatoms. The van der Waals surface area contributed by atoms with E-state index in [0.29, 0.717) is 16.9 Å². The first kappa shape index (κ1) is 21.8. The Bertz CT molecular complexity index is 1370. The van der Waals surface area contributed by atoms with Crippen LogP contribution in [0.15, 0.2) is 36.7 Å². The van der Waals surface area contributed by atoms with Crippen molar-refractivity contribution in [3.8, 4) is 22.8 Å². The summed E-state index contributed by atoms with van der Waals surface area (Å²) in [6.45, 7) is 10.4. The van der Waals surface area contributed by atoms with Gasteiger partial charge >= 0.3 is 0 Å². The molecule has 35 heavy (non-hydrogen) atoms. The predicted molar refractivity (Wildman–Crippen MR) is 134 cm³/mol. The number of anilines is 1. The van der Waals surface area contributed by atoms with Crippen LogP contribution >= 0.6 is 0 Å². The zero-order valence-electron chi connectivity index (χ0n) is 20.4. The van der Waals surface area contributed by atoms with Crippen LogP contribution in [0.5, 0.6) is 11.5 Å². The maximum Gasteiger partial charge on any atom is 0.162 e. The third-order valence-corrected chi connectivity index (χ3v) is 7.23. The van der Waals surface area contributed by atoms with Crippen LogP contribution in [0.3, 0.4) is 0 Å². The fraction of sp³-hybridized carbons (Fsp3) is 0.385. The summed E-state index contributed by atoms with van der Waals surface area (Å²) >= 11 is 0. The molecule has 0 unspecified atom stereocenters. The summed E-state index contributed by atoms with van der Waals surface area (Å²) in [4.78, 5) is 7.07. The van der Waals surface area contributed by atoms with E-state index in [1.165, 1.54) is 0 Å². The molecule has 2 aliphatic heterocycles. The second-order valence-corrected chi connectivity index (χ2v) is 9.77. The van der Waals surface area contributed by atoms with Gasteiger partial charge in [0.25, 0.3) is 0 Å². The van der Waals surface area contributed by atoms with E-state index in [1.54, 1.807) is 13.3 Å². The molecule has 2 fully saturated rings. The summed E-state index contributed by atoms with van der Waals surface area (Å²) in [6, 6.07) is 8.08. The Balaban J connectivity index is 1.29. The number of benzene rings is 1. The Kier molecular flexibility index (Phi) is 5.10. The van der Waals surface area contributed by atoms with Gasteiger partial charge in [-0.1, -0.05) is 0 Å². The summed E-state index contributed by atoms with van der Waals surface area (Å²) in [5.74, 6) is 2.31. The molecule has 1 spiro atoms. The van der Waals surface area contributed by atoms with E-state index in [2.05, 4.69) is 42.7 Å². The number of ether oxygens (including phenoxy) is 2. The highest BCUT2D eigenvalue weighted by atomic mass is 16.5. The van der Waals surface area contributed by atoms with Gasteiger partial charge in [-0.15, -0.1) is 0 Å². The van der Waals surface area contributed by atoms with Crippen molar-refractivity contribution >= 4 is 16.7 Å². The topological polar surface area (TPSA) is 101 Å². The van der Waals surface area contributed by atoms with Crippen LogP contribution in [0, 0.1) is 19.3 Å². The standard InChI is InChI=1S/C26H29N7O2/c1-15-9-29-30-16(2)24(15)17(3)35-22-7-19-20(8-21(22)34-4)31-32-25(19)18-5-6-23(28-10-18)33-13-26(14-33)11-27-12-26/h5-10,17,27H,11-14H2,1-4H3,(H,31,32)/t17-/m0/s1. The predicted octanol–water partition coefficient (Wildman–Crippen LogP) is 3.59. The smallest absolute Gasteiger partial charge is 0.162 e. The molecule has 0 amide bonds. The van der Waals surface area contributed by atoms with Crippen LogP contribution in [0.1, 0.15) is 29.8 Å². The Morgan fingerprint density at radius 1 is 1.09 bits per heavy atom. The summed E-state index contributed by atoms with van der Waals surface area (Å²) in [5.41, 5.74) is 6.06. The van der Waals surface area contributed by atoms with Crippen molar-refractivity contribution in [2.45, 2.75) is 26.9 Å². The average Bonchev–Trinajstić information content (AvgIpc) is 3.20. The second kappa shape index (κ2) is 8.20. The molecule has 1 aromatic carbocycles. The van der Waals surface area contributed by atoms with Gasteiger partial charge in [0, 0.05) is 60.4 Å². The number of methoxy groups -OCH3 is 1. The molecule has 0 bridgehead atoms. The fourth-order valence-corrected chi connectivity index (χ4v) is 5.31. The molecular formula is C26H29N7O2. The number of fused-ring (bicyclic) bond motifs is 1. The number of hydrogen-bond acceptors (Lipinski definition) is 8. The largest absolute Gasteiger partial charge is 0.493 e. The quantitative estimate of drug-likeness (QED) is 0.440. The van der Waals surface area contributed by atoms with E-state index in [1.807, 2.05) is 39.1 Å². The molecule has 180 valence electrons. The summed E-state index contributed by atoms with van der Waals surface area (Å²) in [6.07, 6.45) is 3.44.